The number of carbonyl (C=O) groups excluding carboxylic acids is 1. The number of nitrogens with two attached hydrogens (primary N) is 1. The zero-order valence-corrected chi connectivity index (χ0v) is 11.6. The molecule has 0 spiro atoms. The van der Waals surface area contributed by atoms with Crippen LogP contribution in [0.15, 0.2) is 42.5 Å². The van der Waals surface area contributed by atoms with Crippen LogP contribution in [0.25, 0.3) is 0 Å². The Morgan fingerprint density at radius 3 is 2.57 bits per heavy atom. The predicted molar refractivity (Wildman–Crippen MR) is 81.5 cm³/mol. The molecule has 106 valence electrons. The van der Waals surface area contributed by atoms with E-state index in [1.807, 2.05) is 0 Å². The molecule has 0 aliphatic heterocycles. The van der Waals surface area contributed by atoms with Gasteiger partial charge in [-0.2, -0.15) is 0 Å². The largest absolute Gasteiger partial charge is 0.320 e. The molecular weight excluding hydrogens is 267 g/mol. The monoisotopic (exact) mass is 282 g/mol. The number of carbonyl (C=O) groups is 1. The topological polar surface area (TPSA) is 55.1 Å². The highest BCUT2D eigenvalue weighted by atomic mass is 19.1. The van der Waals surface area contributed by atoms with Crippen molar-refractivity contribution >= 4 is 11.6 Å². The van der Waals surface area contributed by atoms with Gasteiger partial charge in [0, 0.05) is 11.1 Å². The number of aryl methyl sites for hydroxylation is 1. The number of rotatable bonds is 2. The van der Waals surface area contributed by atoms with Gasteiger partial charge in [-0.1, -0.05) is 24.0 Å². The van der Waals surface area contributed by atoms with Crippen molar-refractivity contribution in [3.8, 4) is 11.8 Å². The van der Waals surface area contributed by atoms with E-state index in [2.05, 4.69) is 17.2 Å². The van der Waals surface area contributed by atoms with Crippen molar-refractivity contribution < 1.29 is 9.18 Å². The summed E-state index contributed by atoms with van der Waals surface area (Å²) in [6, 6.07) is 11.4. The highest BCUT2D eigenvalue weighted by Crippen LogP contribution is 2.19. The van der Waals surface area contributed by atoms with Crippen LogP contribution >= 0.6 is 0 Å². The van der Waals surface area contributed by atoms with Crippen molar-refractivity contribution in [2.45, 2.75) is 6.92 Å². The van der Waals surface area contributed by atoms with Crippen LogP contribution in [-0.2, 0) is 0 Å². The Bertz CT molecular complexity index is 692. The number of para-hydroxylation sites is 1. The molecule has 2 rings (SSSR count). The number of halogens is 1. The molecule has 0 fully saturated rings. The Balaban J connectivity index is 2.17. The number of hydrogen-bond donors (Lipinski definition) is 2. The quantitative estimate of drug-likeness (QED) is 0.832. The van der Waals surface area contributed by atoms with Gasteiger partial charge in [0.2, 0.25) is 0 Å². The summed E-state index contributed by atoms with van der Waals surface area (Å²) in [5.74, 6) is 4.80. The summed E-state index contributed by atoms with van der Waals surface area (Å²) < 4.78 is 13.7. The average Bonchev–Trinajstić information content (AvgIpc) is 2.49. The Kier molecular flexibility index (Phi) is 4.70. The molecule has 1 amide bonds. The Morgan fingerprint density at radius 1 is 1.24 bits per heavy atom. The van der Waals surface area contributed by atoms with Crippen molar-refractivity contribution in [2.24, 2.45) is 5.73 Å². The second-order valence-electron chi connectivity index (χ2n) is 4.47. The van der Waals surface area contributed by atoms with Crippen LogP contribution in [0.1, 0.15) is 21.5 Å². The summed E-state index contributed by atoms with van der Waals surface area (Å²) in [5, 5.41) is 2.59. The van der Waals surface area contributed by atoms with E-state index in [9.17, 15) is 9.18 Å². The normalized spacial score (nSPS) is 9.67. The van der Waals surface area contributed by atoms with Crippen LogP contribution in [0.2, 0.25) is 0 Å². The zero-order valence-electron chi connectivity index (χ0n) is 11.6. The number of anilines is 1. The van der Waals surface area contributed by atoms with E-state index in [0.717, 1.165) is 5.56 Å². The van der Waals surface area contributed by atoms with Gasteiger partial charge in [-0.25, -0.2) is 4.39 Å². The van der Waals surface area contributed by atoms with Gasteiger partial charge in [-0.15, -0.1) is 0 Å². The van der Waals surface area contributed by atoms with Crippen molar-refractivity contribution in [1.82, 2.24) is 0 Å². The highest BCUT2D eigenvalue weighted by molar-refractivity contribution is 6.04. The summed E-state index contributed by atoms with van der Waals surface area (Å²) in [6.07, 6.45) is 0. The van der Waals surface area contributed by atoms with Crippen LogP contribution in [0.4, 0.5) is 10.1 Å². The fourth-order valence-corrected chi connectivity index (χ4v) is 1.83. The molecule has 0 heterocycles. The minimum Gasteiger partial charge on any atom is -0.320 e. The van der Waals surface area contributed by atoms with Crippen LogP contribution in [0.5, 0.6) is 0 Å². The standard InChI is InChI=1S/C17H15FN2O/c1-12-4-2-6-15(18)16(12)20-17(21)14-9-7-13(8-10-14)5-3-11-19/h2,4,6-10H,11,19H2,1H3,(H,20,21). The lowest BCUT2D eigenvalue weighted by atomic mass is 10.1. The molecule has 3 N–H and O–H groups in total. The molecule has 2 aromatic rings. The molecular formula is C17H15FN2O. The van der Waals surface area contributed by atoms with E-state index in [-0.39, 0.29) is 18.1 Å². The number of benzene rings is 2. The first kappa shape index (κ1) is 14.8. The fraction of sp³-hybridized carbons (Fsp3) is 0.118. The molecule has 3 nitrogen and oxygen atoms in total. The Hall–Kier alpha value is -2.64. The predicted octanol–water partition coefficient (Wildman–Crippen LogP) is 2.70. The van der Waals surface area contributed by atoms with E-state index in [4.69, 9.17) is 5.73 Å². The van der Waals surface area contributed by atoms with Crippen LogP contribution in [0.3, 0.4) is 0 Å². The lowest BCUT2D eigenvalue weighted by Gasteiger charge is -2.09. The molecule has 4 heteroatoms. The maximum absolute atomic E-state index is 13.7. The summed E-state index contributed by atoms with van der Waals surface area (Å²) in [4.78, 5) is 12.1. The minimum atomic E-state index is -0.450. The molecule has 0 atom stereocenters. The summed E-state index contributed by atoms with van der Waals surface area (Å²) in [5.41, 5.74) is 7.39. The van der Waals surface area contributed by atoms with Crippen LogP contribution in [0, 0.1) is 24.6 Å². The smallest absolute Gasteiger partial charge is 0.255 e. The second-order valence-corrected chi connectivity index (χ2v) is 4.47. The molecule has 0 aliphatic carbocycles. The van der Waals surface area contributed by atoms with Crippen molar-refractivity contribution in [1.29, 1.82) is 0 Å². The van der Waals surface area contributed by atoms with E-state index in [1.54, 1.807) is 43.3 Å². The first-order chi connectivity index (χ1) is 10.1. The molecule has 21 heavy (non-hydrogen) atoms. The number of nitrogens with one attached hydrogen (secondary N) is 1. The maximum Gasteiger partial charge on any atom is 0.255 e. The summed E-state index contributed by atoms with van der Waals surface area (Å²) in [7, 11) is 0. The second kappa shape index (κ2) is 6.69. The van der Waals surface area contributed by atoms with Crippen molar-refractivity contribution in [3.63, 3.8) is 0 Å². The summed E-state index contributed by atoms with van der Waals surface area (Å²) in [6.45, 7) is 2.03. The molecule has 2 aromatic carbocycles. The maximum atomic E-state index is 13.7. The minimum absolute atomic E-state index is 0.203. The molecule has 0 unspecified atom stereocenters. The van der Waals surface area contributed by atoms with Gasteiger partial charge in [0.05, 0.1) is 12.2 Å². The lowest BCUT2D eigenvalue weighted by Crippen LogP contribution is -2.13. The molecule has 0 saturated heterocycles. The summed E-state index contributed by atoms with van der Waals surface area (Å²) >= 11 is 0. The van der Waals surface area contributed by atoms with Gasteiger partial charge in [0.1, 0.15) is 5.82 Å². The molecule has 0 aliphatic rings. The third-order valence-corrected chi connectivity index (χ3v) is 2.94. The van der Waals surface area contributed by atoms with Gasteiger partial charge < -0.3 is 11.1 Å². The van der Waals surface area contributed by atoms with E-state index < -0.39 is 5.82 Å². The van der Waals surface area contributed by atoms with Gasteiger partial charge in [0.15, 0.2) is 0 Å². The highest BCUT2D eigenvalue weighted by Gasteiger charge is 2.11. The fourth-order valence-electron chi connectivity index (χ4n) is 1.83. The third-order valence-electron chi connectivity index (χ3n) is 2.94. The first-order valence-electron chi connectivity index (χ1n) is 6.47. The van der Waals surface area contributed by atoms with Gasteiger partial charge in [0.25, 0.3) is 5.91 Å². The Morgan fingerprint density at radius 2 is 1.95 bits per heavy atom. The van der Waals surface area contributed by atoms with Gasteiger partial charge in [-0.05, 0) is 42.8 Å². The van der Waals surface area contributed by atoms with Crippen LogP contribution < -0.4 is 11.1 Å². The van der Waals surface area contributed by atoms with Crippen LogP contribution in [-0.4, -0.2) is 12.5 Å². The SMILES string of the molecule is Cc1cccc(F)c1NC(=O)c1ccc(C#CCN)cc1. The number of hydrogen-bond acceptors (Lipinski definition) is 2. The van der Waals surface area contributed by atoms with Crippen molar-refractivity contribution in [3.05, 3.63) is 65.0 Å². The lowest BCUT2D eigenvalue weighted by molar-refractivity contribution is 0.102. The average molecular weight is 282 g/mol. The Labute approximate surface area is 123 Å². The molecule has 0 saturated carbocycles. The first-order valence-corrected chi connectivity index (χ1v) is 6.47. The molecule has 0 aromatic heterocycles. The van der Waals surface area contributed by atoms with E-state index in [1.165, 1.54) is 6.07 Å². The zero-order chi connectivity index (χ0) is 15.2. The third kappa shape index (κ3) is 3.68. The van der Waals surface area contributed by atoms with Gasteiger partial charge >= 0.3 is 0 Å². The van der Waals surface area contributed by atoms with Gasteiger partial charge in [-0.3, -0.25) is 4.79 Å². The number of amides is 1. The molecule has 0 bridgehead atoms. The van der Waals surface area contributed by atoms with Crippen molar-refractivity contribution in [2.75, 3.05) is 11.9 Å². The van der Waals surface area contributed by atoms with E-state index >= 15 is 0 Å². The van der Waals surface area contributed by atoms with E-state index in [0.29, 0.717) is 11.1 Å². The molecule has 0 radical (unpaired) electrons.